The molecule has 2 aliphatic carbocycles. The average molecular weight is 281 g/mol. The number of rotatable bonds is 3. The van der Waals surface area contributed by atoms with Crippen LogP contribution in [-0.2, 0) is 0 Å². The van der Waals surface area contributed by atoms with E-state index in [4.69, 9.17) is 0 Å². The highest BCUT2D eigenvalue weighted by Gasteiger charge is 2.26. The fraction of sp³-hybridized carbons (Fsp3) is 0.556. The van der Waals surface area contributed by atoms with E-state index in [2.05, 4.69) is 34.3 Å². The number of nitrogens with zero attached hydrogens (tertiary/aromatic N) is 2. The lowest BCUT2D eigenvalue weighted by atomic mass is 9.95. The zero-order chi connectivity index (χ0) is 14.2. The van der Waals surface area contributed by atoms with Crippen molar-refractivity contribution >= 4 is 16.7 Å². The smallest absolute Gasteiger partial charge is 0.137 e. The molecule has 0 aliphatic heterocycles. The van der Waals surface area contributed by atoms with Gasteiger partial charge in [-0.25, -0.2) is 9.97 Å². The topological polar surface area (TPSA) is 37.8 Å². The van der Waals surface area contributed by atoms with Gasteiger partial charge in [-0.05, 0) is 55.7 Å². The molecule has 21 heavy (non-hydrogen) atoms. The van der Waals surface area contributed by atoms with E-state index < -0.39 is 0 Å². The molecule has 2 saturated carbocycles. The summed E-state index contributed by atoms with van der Waals surface area (Å²) in [6, 6.07) is 5.03. The molecule has 2 aliphatic rings. The summed E-state index contributed by atoms with van der Waals surface area (Å²) in [5.74, 6) is 1.82. The van der Waals surface area contributed by atoms with Crippen LogP contribution in [-0.4, -0.2) is 16.0 Å². The van der Waals surface area contributed by atoms with Gasteiger partial charge in [-0.1, -0.05) is 25.3 Å². The van der Waals surface area contributed by atoms with E-state index in [-0.39, 0.29) is 0 Å². The highest BCUT2D eigenvalue weighted by Crippen LogP contribution is 2.43. The first kappa shape index (κ1) is 13.1. The van der Waals surface area contributed by atoms with Gasteiger partial charge in [0.25, 0.3) is 0 Å². The third-order valence-corrected chi connectivity index (χ3v) is 5.07. The van der Waals surface area contributed by atoms with Crippen molar-refractivity contribution in [3.63, 3.8) is 0 Å². The van der Waals surface area contributed by atoms with Crippen molar-refractivity contribution in [2.75, 3.05) is 5.32 Å². The van der Waals surface area contributed by atoms with Crippen molar-refractivity contribution in [3.8, 4) is 0 Å². The SMILES string of the molecule is Cc1c(C2CC2)ccc2ncnc(NC3CCCCC3)c12. The second-order valence-corrected chi connectivity index (χ2v) is 6.65. The summed E-state index contributed by atoms with van der Waals surface area (Å²) < 4.78 is 0. The van der Waals surface area contributed by atoms with Crippen LogP contribution < -0.4 is 5.32 Å². The van der Waals surface area contributed by atoms with Crippen molar-refractivity contribution in [2.24, 2.45) is 0 Å². The quantitative estimate of drug-likeness (QED) is 0.896. The first-order chi connectivity index (χ1) is 10.3. The zero-order valence-electron chi connectivity index (χ0n) is 12.7. The van der Waals surface area contributed by atoms with Crippen molar-refractivity contribution < 1.29 is 0 Å². The molecular weight excluding hydrogens is 258 g/mol. The molecule has 4 rings (SSSR count). The molecule has 0 spiro atoms. The largest absolute Gasteiger partial charge is 0.367 e. The highest BCUT2D eigenvalue weighted by atomic mass is 15.0. The van der Waals surface area contributed by atoms with E-state index in [0.717, 1.165) is 17.3 Å². The van der Waals surface area contributed by atoms with Gasteiger partial charge in [0.05, 0.1) is 5.52 Å². The highest BCUT2D eigenvalue weighted by molar-refractivity contribution is 5.93. The molecule has 1 N–H and O–H groups in total. The van der Waals surface area contributed by atoms with Gasteiger partial charge in [0.2, 0.25) is 0 Å². The molecule has 2 aromatic rings. The first-order valence-electron chi connectivity index (χ1n) is 8.33. The van der Waals surface area contributed by atoms with E-state index >= 15 is 0 Å². The summed E-state index contributed by atoms with van der Waals surface area (Å²) >= 11 is 0. The van der Waals surface area contributed by atoms with Crippen LogP contribution in [0.3, 0.4) is 0 Å². The minimum absolute atomic E-state index is 0.584. The van der Waals surface area contributed by atoms with Gasteiger partial charge in [-0.15, -0.1) is 0 Å². The van der Waals surface area contributed by atoms with Crippen LogP contribution in [0.15, 0.2) is 18.5 Å². The van der Waals surface area contributed by atoms with Crippen molar-refractivity contribution in [3.05, 3.63) is 29.6 Å². The van der Waals surface area contributed by atoms with Gasteiger partial charge in [0, 0.05) is 11.4 Å². The fourth-order valence-electron chi connectivity index (χ4n) is 3.72. The lowest BCUT2D eigenvalue weighted by Crippen LogP contribution is -2.23. The average Bonchev–Trinajstić information content (AvgIpc) is 3.33. The van der Waals surface area contributed by atoms with E-state index in [0.29, 0.717) is 6.04 Å². The van der Waals surface area contributed by atoms with Crippen molar-refractivity contribution in [1.29, 1.82) is 0 Å². The Balaban J connectivity index is 1.74. The maximum absolute atomic E-state index is 4.56. The lowest BCUT2D eigenvalue weighted by molar-refractivity contribution is 0.462. The number of benzene rings is 1. The molecule has 0 atom stereocenters. The Bertz CT molecular complexity index is 655. The molecule has 1 aromatic heterocycles. The van der Waals surface area contributed by atoms with Gasteiger partial charge in [-0.2, -0.15) is 0 Å². The van der Waals surface area contributed by atoms with Crippen LogP contribution in [0, 0.1) is 6.92 Å². The summed E-state index contributed by atoms with van der Waals surface area (Å²) in [6.45, 7) is 2.24. The zero-order valence-corrected chi connectivity index (χ0v) is 12.7. The van der Waals surface area contributed by atoms with E-state index in [1.54, 1.807) is 6.33 Å². The first-order valence-corrected chi connectivity index (χ1v) is 8.33. The molecular formula is C18H23N3. The molecule has 0 unspecified atom stereocenters. The molecule has 0 radical (unpaired) electrons. The molecule has 110 valence electrons. The Morgan fingerprint density at radius 1 is 1.00 bits per heavy atom. The third-order valence-electron chi connectivity index (χ3n) is 5.07. The van der Waals surface area contributed by atoms with Crippen molar-refractivity contribution in [2.45, 2.75) is 63.8 Å². The minimum Gasteiger partial charge on any atom is -0.367 e. The summed E-state index contributed by atoms with van der Waals surface area (Å²) in [5, 5.41) is 4.94. The van der Waals surface area contributed by atoms with Crippen LogP contribution >= 0.6 is 0 Å². The molecule has 0 saturated heterocycles. The van der Waals surface area contributed by atoms with Crippen LogP contribution in [0.4, 0.5) is 5.82 Å². The molecule has 3 nitrogen and oxygen atoms in total. The normalized spacial score (nSPS) is 19.9. The van der Waals surface area contributed by atoms with Gasteiger partial charge < -0.3 is 5.32 Å². The monoisotopic (exact) mass is 281 g/mol. The second-order valence-electron chi connectivity index (χ2n) is 6.65. The molecule has 2 fully saturated rings. The summed E-state index contributed by atoms with van der Waals surface area (Å²) in [7, 11) is 0. The summed E-state index contributed by atoms with van der Waals surface area (Å²) in [6.07, 6.45) is 11.0. The molecule has 3 heteroatoms. The third kappa shape index (κ3) is 2.50. The van der Waals surface area contributed by atoms with Gasteiger partial charge >= 0.3 is 0 Å². The van der Waals surface area contributed by atoms with Crippen molar-refractivity contribution in [1.82, 2.24) is 9.97 Å². The number of aryl methyl sites for hydroxylation is 1. The predicted molar refractivity (Wildman–Crippen MR) is 86.7 cm³/mol. The Morgan fingerprint density at radius 3 is 2.57 bits per heavy atom. The Labute approximate surface area is 126 Å². The Morgan fingerprint density at radius 2 is 1.81 bits per heavy atom. The maximum atomic E-state index is 4.56. The Kier molecular flexibility index (Phi) is 3.28. The van der Waals surface area contributed by atoms with E-state index in [1.165, 1.54) is 61.5 Å². The molecule has 1 heterocycles. The van der Waals surface area contributed by atoms with Crippen LogP contribution in [0.1, 0.15) is 62.0 Å². The maximum Gasteiger partial charge on any atom is 0.137 e. The predicted octanol–water partition coefficient (Wildman–Crippen LogP) is 4.56. The fourth-order valence-corrected chi connectivity index (χ4v) is 3.72. The van der Waals surface area contributed by atoms with Gasteiger partial charge in [0.15, 0.2) is 0 Å². The standard InChI is InChI=1S/C18H23N3/c1-12-15(13-7-8-13)9-10-16-17(12)18(20-11-19-16)21-14-5-3-2-4-6-14/h9-11,13-14H,2-8H2,1H3,(H,19,20,21). The summed E-state index contributed by atoms with van der Waals surface area (Å²) in [4.78, 5) is 9.03. The molecule has 0 bridgehead atoms. The van der Waals surface area contributed by atoms with Gasteiger partial charge in [0.1, 0.15) is 12.1 Å². The van der Waals surface area contributed by atoms with E-state index in [1.807, 2.05) is 0 Å². The van der Waals surface area contributed by atoms with Gasteiger partial charge in [-0.3, -0.25) is 0 Å². The summed E-state index contributed by atoms with van der Waals surface area (Å²) in [5.41, 5.74) is 3.96. The van der Waals surface area contributed by atoms with Crippen LogP contribution in [0.2, 0.25) is 0 Å². The van der Waals surface area contributed by atoms with Crippen LogP contribution in [0.5, 0.6) is 0 Å². The Hall–Kier alpha value is -1.64. The lowest BCUT2D eigenvalue weighted by Gasteiger charge is -2.24. The molecule has 1 aromatic carbocycles. The number of anilines is 1. The number of fused-ring (bicyclic) bond motifs is 1. The van der Waals surface area contributed by atoms with E-state index in [9.17, 15) is 0 Å². The minimum atomic E-state index is 0.584. The number of hydrogen-bond donors (Lipinski definition) is 1. The molecule has 0 amide bonds. The number of aromatic nitrogens is 2. The second kappa shape index (κ2) is 5.28. The van der Waals surface area contributed by atoms with Crippen LogP contribution in [0.25, 0.3) is 10.9 Å². The number of nitrogens with one attached hydrogen (secondary N) is 1. The number of hydrogen-bond acceptors (Lipinski definition) is 3.